The summed E-state index contributed by atoms with van der Waals surface area (Å²) < 4.78 is 5.17. The Balaban J connectivity index is 2.69. The van der Waals surface area contributed by atoms with Gasteiger partial charge in [-0.1, -0.05) is 0 Å². The van der Waals surface area contributed by atoms with Crippen molar-refractivity contribution in [2.24, 2.45) is 0 Å². The molecule has 0 aliphatic rings. The molecule has 90 valence electrons. The van der Waals surface area contributed by atoms with Gasteiger partial charge in [0.05, 0.1) is 6.10 Å². The molecule has 0 saturated heterocycles. The zero-order chi connectivity index (χ0) is 12.0. The van der Waals surface area contributed by atoms with Crippen LogP contribution in [-0.2, 0) is 4.74 Å². The zero-order valence-corrected chi connectivity index (χ0v) is 10.4. The molecule has 2 N–H and O–H groups in total. The number of anilines is 2. The van der Waals surface area contributed by atoms with Gasteiger partial charge in [0, 0.05) is 25.8 Å². The smallest absolute Gasteiger partial charge is 0.134 e. The maximum absolute atomic E-state index is 5.17. The molecule has 0 radical (unpaired) electrons. The largest absolute Gasteiger partial charge is 0.380 e. The molecule has 1 rings (SSSR count). The number of nitrogens with zero attached hydrogens (tertiary/aromatic N) is 2. The minimum Gasteiger partial charge on any atom is -0.380 e. The molecule has 0 amide bonds. The fraction of sp³-hybridized carbons (Fsp3) is 0.636. The summed E-state index contributed by atoms with van der Waals surface area (Å²) in [5.41, 5.74) is 1.03. The Bertz CT molecular complexity index is 330. The highest BCUT2D eigenvalue weighted by atomic mass is 16.5. The first kappa shape index (κ1) is 12.7. The lowest BCUT2D eigenvalue weighted by Crippen LogP contribution is -2.19. The van der Waals surface area contributed by atoms with Crippen LogP contribution >= 0.6 is 0 Å². The van der Waals surface area contributed by atoms with E-state index in [9.17, 15) is 0 Å². The van der Waals surface area contributed by atoms with Gasteiger partial charge in [0.2, 0.25) is 0 Å². The molecule has 0 bridgehead atoms. The Labute approximate surface area is 96.6 Å². The van der Waals surface area contributed by atoms with Gasteiger partial charge in [-0.3, -0.25) is 0 Å². The zero-order valence-electron chi connectivity index (χ0n) is 10.4. The van der Waals surface area contributed by atoms with E-state index in [2.05, 4.69) is 20.6 Å². The van der Waals surface area contributed by atoms with Crippen molar-refractivity contribution in [1.29, 1.82) is 0 Å². The third-order valence-electron chi connectivity index (χ3n) is 2.39. The van der Waals surface area contributed by atoms with Crippen LogP contribution in [0.1, 0.15) is 19.4 Å². The van der Waals surface area contributed by atoms with Crippen LogP contribution in [0.3, 0.4) is 0 Å². The number of methoxy groups -OCH3 is 1. The van der Waals surface area contributed by atoms with E-state index in [-0.39, 0.29) is 6.10 Å². The SMILES string of the molecule is CCNc1ncnc(NCC(C)OC)c1C. The van der Waals surface area contributed by atoms with Crippen molar-refractivity contribution in [3.05, 3.63) is 11.9 Å². The van der Waals surface area contributed by atoms with Crippen LogP contribution < -0.4 is 10.6 Å². The topological polar surface area (TPSA) is 59.1 Å². The van der Waals surface area contributed by atoms with Crippen molar-refractivity contribution in [3.8, 4) is 0 Å². The van der Waals surface area contributed by atoms with Crippen LogP contribution in [0, 0.1) is 6.92 Å². The third kappa shape index (κ3) is 3.34. The number of hydrogen-bond acceptors (Lipinski definition) is 5. The molecule has 1 aromatic heterocycles. The summed E-state index contributed by atoms with van der Waals surface area (Å²) in [6, 6.07) is 0. The van der Waals surface area contributed by atoms with Gasteiger partial charge >= 0.3 is 0 Å². The molecule has 1 aromatic rings. The molecular formula is C11H20N4O. The summed E-state index contributed by atoms with van der Waals surface area (Å²) in [6.07, 6.45) is 1.72. The van der Waals surface area contributed by atoms with Crippen molar-refractivity contribution < 1.29 is 4.74 Å². The molecule has 0 spiro atoms. The first-order chi connectivity index (χ1) is 7.69. The molecule has 1 unspecified atom stereocenters. The molecule has 1 atom stereocenters. The van der Waals surface area contributed by atoms with E-state index in [1.807, 2.05) is 20.8 Å². The predicted octanol–water partition coefficient (Wildman–Crippen LogP) is 1.66. The van der Waals surface area contributed by atoms with Gasteiger partial charge in [0.25, 0.3) is 0 Å². The lowest BCUT2D eigenvalue weighted by molar-refractivity contribution is 0.128. The van der Waals surface area contributed by atoms with Crippen LogP contribution in [0.2, 0.25) is 0 Å². The van der Waals surface area contributed by atoms with Crippen LogP contribution in [0.5, 0.6) is 0 Å². The standard InChI is InChI=1S/C11H20N4O/c1-5-12-10-9(3)11(15-7-14-10)13-6-8(2)16-4/h7-8H,5-6H2,1-4H3,(H2,12,13,14,15). The van der Waals surface area contributed by atoms with Crippen molar-refractivity contribution in [1.82, 2.24) is 9.97 Å². The first-order valence-corrected chi connectivity index (χ1v) is 5.51. The third-order valence-corrected chi connectivity index (χ3v) is 2.39. The van der Waals surface area contributed by atoms with Gasteiger partial charge in [0.1, 0.15) is 18.0 Å². The highest BCUT2D eigenvalue weighted by molar-refractivity contribution is 5.56. The molecule has 5 nitrogen and oxygen atoms in total. The van der Waals surface area contributed by atoms with Gasteiger partial charge < -0.3 is 15.4 Å². The normalized spacial score (nSPS) is 12.2. The minimum atomic E-state index is 0.164. The van der Waals surface area contributed by atoms with Gasteiger partial charge in [-0.2, -0.15) is 0 Å². The molecule has 0 aromatic carbocycles. The molecule has 0 aliphatic carbocycles. The van der Waals surface area contributed by atoms with E-state index in [1.165, 1.54) is 0 Å². The lowest BCUT2D eigenvalue weighted by atomic mass is 10.3. The summed E-state index contributed by atoms with van der Waals surface area (Å²) in [4.78, 5) is 8.39. The van der Waals surface area contributed by atoms with Crippen LogP contribution in [0.15, 0.2) is 6.33 Å². The second-order valence-electron chi connectivity index (χ2n) is 3.65. The summed E-state index contributed by atoms with van der Waals surface area (Å²) >= 11 is 0. The first-order valence-electron chi connectivity index (χ1n) is 5.51. The second kappa shape index (κ2) is 6.27. The molecule has 5 heteroatoms. The Morgan fingerprint density at radius 2 is 1.94 bits per heavy atom. The number of nitrogens with one attached hydrogen (secondary N) is 2. The quantitative estimate of drug-likeness (QED) is 0.769. The lowest BCUT2D eigenvalue weighted by Gasteiger charge is -2.14. The maximum Gasteiger partial charge on any atom is 0.134 e. The van der Waals surface area contributed by atoms with Crippen molar-refractivity contribution in [3.63, 3.8) is 0 Å². The Kier molecular flexibility index (Phi) is 4.98. The fourth-order valence-electron chi connectivity index (χ4n) is 1.30. The van der Waals surface area contributed by atoms with E-state index in [0.717, 1.165) is 30.3 Å². The van der Waals surface area contributed by atoms with Gasteiger partial charge in [-0.05, 0) is 20.8 Å². The molecule has 16 heavy (non-hydrogen) atoms. The highest BCUT2D eigenvalue weighted by Crippen LogP contribution is 2.17. The summed E-state index contributed by atoms with van der Waals surface area (Å²) in [7, 11) is 1.70. The van der Waals surface area contributed by atoms with Gasteiger partial charge in [-0.15, -0.1) is 0 Å². The van der Waals surface area contributed by atoms with E-state index in [4.69, 9.17) is 4.74 Å². The Morgan fingerprint density at radius 3 is 2.50 bits per heavy atom. The van der Waals surface area contributed by atoms with E-state index >= 15 is 0 Å². The van der Waals surface area contributed by atoms with Crippen molar-refractivity contribution in [2.75, 3.05) is 30.8 Å². The fourth-order valence-corrected chi connectivity index (χ4v) is 1.30. The molecule has 1 heterocycles. The minimum absolute atomic E-state index is 0.164. The average Bonchev–Trinajstić information content (AvgIpc) is 2.30. The summed E-state index contributed by atoms with van der Waals surface area (Å²) in [5.74, 6) is 1.74. The molecular weight excluding hydrogens is 204 g/mol. The van der Waals surface area contributed by atoms with Crippen LogP contribution in [0.25, 0.3) is 0 Å². The highest BCUT2D eigenvalue weighted by Gasteiger charge is 2.06. The summed E-state index contributed by atoms with van der Waals surface area (Å²) in [6.45, 7) is 7.64. The number of rotatable bonds is 6. The maximum atomic E-state index is 5.17. The Morgan fingerprint density at radius 1 is 1.31 bits per heavy atom. The molecule has 0 aliphatic heterocycles. The second-order valence-corrected chi connectivity index (χ2v) is 3.65. The number of aromatic nitrogens is 2. The van der Waals surface area contributed by atoms with Crippen molar-refractivity contribution >= 4 is 11.6 Å². The van der Waals surface area contributed by atoms with E-state index < -0.39 is 0 Å². The van der Waals surface area contributed by atoms with Crippen molar-refractivity contribution in [2.45, 2.75) is 26.9 Å². The predicted molar refractivity (Wildman–Crippen MR) is 65.9 cm³/mol. The Hall–Kier alpha value is -1.36. The van der Waals surface area contributed by atoms with E-state index in [1.54, 1.807) is 13.4 Å². The summed E-state index contributed by atoms with van der Waals surface area (Å²) in [5, 5.41) is 6.44. The average molecular weight is 224 g/mol. The van der Waals surface area contributed by atoms with Crippen LogP contribution in [-0.4, -0.2) is 36.3 Å². The molecule has 0 fully saturated rings. The van der Waals surface area contributed by atoms with Gasteiger partial charge in [0.15, 0.2) is 0 Å². The number of hydrogen-bond donors (Lipinski definition) is 2. The van der Waals surface area contributed by atoms with Crippen LogP contribution in [0.4, 0.5) is 11.6 Å². The van der Waals surface area contributed by atoms with E-state index in [0.29, 0.717) is 0 Å². The monoisotopic (exact) mass is 224 g/mol. The number of ether oxygens (including phenoxy) is 1. The molecule has 0 saturated carbocycles. The van der Waals surface area contributed by atoms with Gasteiger partial charge in [-0.25, -0.2) is 9.97 Å².